The Hall–Kier alpha value is -2.76. The van der Waals surface area contributed by atoms with Crippen molar-refractivity contribution < 1.29 is 9.53 Å². The minimum absolute atomic E-state index is 0.0159. The van der Waals surface area contributed by atoms with Crippen molar-refractivity contribution in [1.29, 1.82) is 0 Å². The van der Waals surface area contributed by atoms with E-state index in [2.05, 4.69) is 9.88 Å². The van der Waals surface area contributed by atoms with Gasteiger partial charge in [-0.1, -0.05) is 30.3 Å². The van der Waals surface area contributed by atoms with E-state index < -0.39 is 0 Å². The molecule has 0 saturated carbocycles. The fourth-order valence-corrected chi connectivity index (χ4v) is 3.79. The molecule has 27 heavy (non-hydrogen) atoms. The third-order valence-corrected chi connectivity index (χ3v) is 5.39. The van der Waals surface area contributed by atoms with E-state index in [0.29, 0.717) is 5.56 Å². The third-order valence-electron chi connectivity index (χ3n) is 4.48. The first kappa shape index (κ1) is 17.6. The second-order valence-corrected chi connectivity index (χ2v) is 7.15. The van der Waals surface area contributed by atoms with Gasteiger partial charge in [-0.15, -0.1) is 11.3 Å². The molecule has 0 unspecified atom stereocenters. The average Bonchev–Trinajstić information content (AvgIpc) is 3.22. The third kappa shape index (κ3) is 4.32. The summed E-state index contributed by atoms with van der Waals surface area (Å²) in [5, 5.41) is 2.92. The highest BCUT2D eigenvalue weighted by molar-refractivity contribution is 7.13. The van der Waals surface area contributed by atoms with E-state index >= 15 is 0 Å². The SMILES string of the molecule is O=C(/C=C/c1csc(-c2ccccc2)n1)c1ccc(N2CCOCC2)cc1. The lowest BCUT2D eigenvalue weighted by Gasteiger charge is -2.28. The Balaban J connectivity index is 1.42. The maximum absolute atomic E-state index is 12.4. The number of aromatic nitrogens is 1. The van der Waals surface area contributed by atoms with Gasteiger partial charge in [-0.25, -0.2) is 4.98 Å². The lowest BCUT2D eigenvalue weighted by molar-refractivity contribution is 0.104. The number of hydrogen-bond donors (Lipinski definition) is 0. The van der Waals surface area contributed by atoms with Crippen LogP contribution in [0.25, 0.3) is 16.6 Å². The molecule has 0 spiro atoms. The molecule has 5 heteroatoms. The van der Waals surface area contributed by atoms with Gasteiger partial charge in [0, 0.05) is 35.3 Å². The van der Waals surface area contributed by atoms with Gasteiger partial charge in [0.2, 0.25) is 0 Å². The first-order valence-electron chi connectivity index (χ1n) is 8.96. The number of anilines is 1. The predicted octanol–water partition coefficient (Wildman–Crippen LogP) is 4.54. The Morgan fingerprint density at radius 1 is 1.04 bits per heavy atom. The monoisotopic (exact) mass is 376 g/mol. The fraction of sp³-hybridized carbons (Fsp3) is 0.182. The van der Waals surface area contributed by atoms with Crippen LogP contribution < -0.4 is 4.90 Å². The van der Waals surface area contributed by atoms with E-state index in [-0.39, 0.29) is 5.78 Å². The van der Waals surface area contributed by atoms with E-state index in [0.717, 1.165) is 48.3 Å². The zero-order valence-electron chi connectivity index (χ0n) is 14.9. The molecule has 4 nitrogen and oxygen atoms in total. The minimum atomic E-state index is -0.0159. The summed E-state index contributed by atoms with van der Waals surface area (Å²) in [6.07, 6.45) is 3.37. The summed E-state index contributed by atoms with van der Waals surface area (Å²) >= 11 is 1.58. The Kier molecular flexibility index (Phi) is 5.42. The Morgan fingerprint density at radius 2 is 1.78 bits per heavy atom. The van der Waals surface area contributed by atoms with Crippen molar-refractivity contribution in [3.05, 3.63) is 77.3 Å². The Labute approximate surface area is 162 Å². The topological polar surface area (TPSA) is 42.4 Å². The first-order valence-corrected chi connectivity index (χ1v) is 9.84. The number of ether oxygens (including phenoxy) is 1. The van der Waals surface area contributed by atoms with Crippen molar-refractivity contribution >= 4 is 28.9 Å². The van der Waals surface area contributed by atoms with E-state index in [1.807, 2.05) is 60.0 Å². The molecule has 3 aromatic rings. The minimum Gasteiger partial charge on any atom is -0.378 e. The molecule has 1 fully saturated rings. The van der Waals surface area contributed by atoms with Crippen molar-refractivity contribution in [1.82, 2.24) is 4.98 Å². The lowest BCUT2D eigenvalue weighted by atomic mass is 10.1. The number of nitrogens with zero attached hydrogens (tertiary/aromatic N) is 2. The normalized spacial score (nSPS) is 14.6. The summed E-state index contributed by atoms with van der Waals surface area (Å²) in [5.74, 6) is -0.0159. The maximum atomic E-state index is 12.4. The molecule has 1 aliphatic heterocycles. The van der Waals surface area contributed by atoms with Gasteiger partial charge in [-0.05, 0) is 36.4 Å². The molecule has 0 amide bonds. The number of benzene rings is 2. The van der Waals surface area contributed by atoms with Crippen molar-refractivity contribution in [3.8, 4) is 10.6 Å². The van der Waals surface area contributed by atoms with Crippen LogP contribution in [0, 0.1) is 0 Å². The number of carbonyl (C=O) groups excluding carboxylic acids is 1. The zero-order chi connectivity index (χ0) is 18.5. The van der Waals surface area contributed by atoms with Crippen LogP contribution in [-0.4, -0.2) is 37.1 Å². The summed E-state index contributed by atoms with van der Waals surface area (Å²) in [4.78, 5) is 19.3. The zero-order valence-corrected chi connectivity index (χ0v) is 15.7. The molecule has 2 aromatic carbocycles. The number of rotatable bonds is 5. The molecule has 0 aliphatic carbocycles. The number of thiazole rings is 1. The number of carbonyl (C=O) groups is 1. The van der Waals surface area contributed by atoms with Gasteiger partial charge in [0.25, 0.3) is 0 Å². The average molecular weight is 376 g/mol. The van der Waals surface area contributed by atoms with Crippen LogP contribution in [0.3, 0.4) is 0 Å². The van der Waals surface area contributed by atoms with Crippen molar-refractivity contribution in [3.63, 3.8) is 0 Å². The maximum Gasteiger partial charge on any atom is 0.185 e. The van der Waals surface area contributed by atoms with Crippen molar-refractivity contribution in [2.24, 2.45) is 0 Å². The fourth-order valence-electron chi connectivity index (χ4n) is 2.99. The van der Waals surface area contributed by atoms with Gasteiger partial charge in [-0.2, -0.15) is 0 Å². The molecule has 136 valence electrons. The quantitative estimate of drug-likeness (QED) is 0.484. The molecule has 0 bridgehead atoms. The van der Waals surface area contributed by atoms with Gasteiger partial charge in [0.05, 0.1) is 18.9 Å². The van der Waals surface area contributed by atoms with E-state index in [1.54, 1.807) is 23.5 Å². The molecule has 4 rings (SSSR count). The standard InChI is InChI=1S/C22H20N2O2S/c25-21(17-6-9-20(10-7-17)24-12-14-26-15-13-24)11-8-19-16-27-22(23-19)18-4-2-1-3-5-18/h1-11,16H,12-15H2/b11-8+. The number of hydrogen-bond acceptors (Lipinski definition) is 5. The molecule has 0 N–H and O–H groups in total. The summed E-state index contributed by atoms with van der Waals surface area (Å²) in [5.41, 5.74) is 3.71. The van der Waals surface area contributed by atoms with Crippen LogP contribution in [-0.2, 0) is 4.74 Å². The highest BCUT2D eigenvalue weighted by atomic mass is 32.1. The Bertz CT molecular complexity index is 926. The molecule has 1 saturated heterocycles. The first-order chi connectivity index (χ1) is 13.3. The van der Waals surface area contributed by atoms with Gasteiger partial charge in [-0.3, -0.25) is 4.79 Å². The molecule has 0 atom stereocenters. The van der Waals surface area contributed by atoms with Crippen LogP contribution in [0.2, 0.25) is 0 Å². The van der Waals surface area contributed by atoms with E-state index in [9.17, 15) is 4.79 Å². The summed E-state index contributed by atoms with van der Waals surface area (Å²) < 4.78 is 5.38. The van der Waals surface area contributed by atoms with Crippen molar-refractivity contribution in [2.75, 3.05) is 31.2 Å². The molecule has 2 heterocycles. The van der Waals surface area contributed by atoms with Crippen LogP contribution in [0.1, 0.15) is 16.1 Å². The van der Waals surface area contributed by atoms with Gasteiger partial charge < -0.3 is 9.64 Å². The van der Waals surface area contributed by atoms with Crippen LogP contribution in [0.15, 0.2) is 66.1 Å². The molecule has 1 aliphatic rings. The number of allylic oxidation sites excluding steroid dienone is 1. The molecule has 0 radical (unpaired) electrons. The van der Waals surface area contributed by atoms with Gasteiger partial charge >= 0.3 is 0 Å². The predicted molar refractivity (Wildman–Crippen MR) is 110 cm³/mol. The summed E-state index contributed by atoms with van der Waals surface area (Å²) in [6, 6.07) is 17.8. The number of morpholine rings is 1. The highest BCUT2D eigenvalue weighted by Gasteiger charge is 2.11. The molecular formula is C22H20N2O2S. The second-order valence-electron chi connectivity index (χ2n) is 6.29. The van der Waals surface area contributed by atoms with E-state index in [4.69, 9.17) is 4.74 Å². The Morgan fingerprint density at radius 3 is 2.52 bits per heavy atom. The van der Waals surface area contributed by atoms with Crippen LogP contribution in [0.5, 0.6) is 0 Å². The van der Waals surface area contributed by atoms with Gasteiger partial charge in [0.15, 0.2) is 5.78 Å². The summed E-state index contributed by atoms with van der Waals surface area (Å²) in [6.45, 7) is 3.28. The highest BCUT2D eigenvalue weighted by Crippen LogP contribution is 2.24. The van der Waals surface area contributed by atoms with Crippen LogP contribution in [0.4, 0.5) is 5.69 Å². The smallest absolute Gasteiger partial charge is 0.185 e. The molecule has 1 aromatic heterocycles. The van der Waals surface area contributed by atoms with E-state index in [1.165, 1.54) is 0 Å². The molecular weight excluding hydrogens is 356 g/mol. The largest absolute Gasteiger partial charge is 0.378 e. The van der Waals surface area contributed by atoms with Crippen LogP contribution >= 0.6 is 11.3 Å². The van der Waals surface area contributed by atoms with Gasteiger partial charge in [0.1, 0.15) is 5.01 Å². The van der Waals surface area contributed by atoms with Crippen molar-refractivity contribution in [2.45, 2.75) is 0 Å². The number of ketones is 1. The summed E-state index contributed by atoms with van der Waals surface area (Å²) in [7, 11) is 0. The second kappa shape index (κ2) is 8.29. The lowest BCUT2D eigenvalue weighted by Crippen LogP contribution is -2.36.